The summed E-state index contributed by atoms with van der Waals surface area (Å²) in [5.74, 6) is 0.385. The molecule has 0 aliphatic rings. The molecule has 5 aromatic rings. The van der Waals surface area contributed by atoms with Crippen LogP contribution in [0.15, 0.2) is 81.6 Å². The lowest BCUT2D eigenvalue weighted by atomic mass is 10.0. The van der Waals surface area contributed by atoms with Crippen LogP contribution in [-0.4, -0.2) is 29.3 Å². The standard InChI is InChI=1S/C28H27N5O2S/c1-17(2)21-12-10-20(11-13-21)16-30-33-27(29)26(36(34,35)22-14-9-18(3)19(4)15-22)25-28(33)32-24-8-6-5-7-23(24)31-25/h5-17H,29H2,1-4H3/b30-16+. The molecule has 0 aliphatic carbocycles. The molecular weight excluding hydrogens is 470 g/mol. The van der Waals surface area contributed by atoms with Gasteiger partial charge in [0.05, 0.1) is 22.1 Å². The molecule has 5 rings (SSSR count). The molecule has 2 heterocycles. The van der Waals surface area contributed by atoms with Gasteiger partial charge in [-0.25, -0.2) is 18.4 Å². The number of sulfone groups is 1. The van der Waals surface area contributed by atoms with Gasteiger partial charge in [-0.15, -0.1) is 0 Å². The Balaban J connectivity index is 1.73. The molecule has 7 nitrogen and oxygen atoms in total. The maximum atomic E-state index is 13.8. The normalized spacial score (nSPS) is 12.4. The third-order valence-electron chi connectivity index (χ3n) is 6.41. The molecule has 0 saturated heterocycles. The zero-order valence-corrected chi connectivity index (χ0v) is 21.4. The topological polar surface area (TPSA) is 103 Å². The number of hydrogen-bond acceptors (Lipinski definition) is 6. The van der Waals surface area contributed by atoms with Gasteiger partial charge >= 0.3 is 0 Å². The van der Waals surface area contributed by atoms with E-state index in [4.69, 9.17) is 5.73 Å². The summed E-state index contributed by atoms with van der Waals surface area (Å²) in [6, 6.07) is 20.4. The Morgan fingerprint density at radius 1 is 0.917 bits per heavy atom. The Morgan fingerprint density at radius 3 is 2.22 bits per heavy atom. The minimum absolute atomic E-state index is 0.0337. The molecule has 0 spiro atoms. The summed E-state index contributed by atoms with van der Waals surface area (Å²) in [5.41, 5.74) is 12.1. The quantitative estimate of drug-likeness (QED) is 0.317. The van der Waals surface area contributed by atoms with E-state index in [0.717, 1.165) is 16.7 Å². The highest BCUT2D eigenvalue weighted by Gasteiger charge is 2.30. The van der Waals surface area contributed by atoms with Crippen LogP contribution in [0, 0.1) is 13.8 Å². The van der Waals surface area contributed by atoms with E-state index in [-0.39, 0.29) is 26.8 Å². The largest absolute Gasteiger partial charge is 0.382 e. The van der Waals surface area contributed by atoms with Gasteiger partial charge in [0.2, 0.25) is 9.84 Å². The second-order valence-corrected chi connectivity index (χ2v) is 11.1. The van der Waals surface area contributed by atoms with Crippen molar-refractivity contribution < 1.29 is 8.42 Å². The van der Waals surface area contributed by atoms with Gasteiger partial charge in [0.1, 0.15) is 16.2 Å². The van der Waals surface area contributed by atoms with Gasteiger partial charge in [-0.2, -0.15) is 9.78 Å². The number of anilines is 1. The minimum atomic E-state index is -4.00. The van der Waals surface area contributed by atoms with E-state index in [2.05, 4.69) is 28.9 Å². The van der Waals surface area contributed by atoms with Crippen LogP contribution in [0.4, 0.5) is 5.82 Å². The van der Waals surface area contributed by atoms with Crippen molar-refractivity contribution in [3.8, 4) is 0 Å². The summed E-state index contributed by atoms with van der Waals surface area (Å²) in [4.78, 5) is 9.41. The predicted octanol–water partition coefficient (Wildman–Crippen LogP) is 5.62. The highest BCUT2D eigenvalue weighted by atomic mass is 32.2. The molecule has 0 unspecified atom stereocenters. The summed E-state index contributed by atoms with van der Waals surface area (Å²) in [5, 5.41) is 4.54. The van der Waals surface area contributed by atoms with E-state index in [9.17, 15) is 8.42 Å². The van der Waals surface area contributed by atoms with Crippen LogP contribution in [0.5, 0.6) is 0 Å². The van der Waals surface area contributed by atoms with Gasteiger partial charge in [0.25, 0.3) is 0 Å². The van der Waals surface area contributed by atoms with Gasteiger partial charge in [0.15, 0.2) is 5.65 Å². The number of rotatable bonds is 5. The fourth-order valence-corrected chi connectivity index (χ4v) is 5.66. The lowest BCUT2D eigenvalue weighted by Gasteiger charge is -2.07. The van der Waals surface area contributed by atoms with Gasteiger partial charge in [-0.3, -0.25) is 0 Å². The zero-order valence-electron chi connectivity index (χ0n) is 20.6. The fraction of sp³-hybridized carbons (Fsp3) is 0.179. The van der Waals surface area contributed by atoms with Gasteiger partial charge in [0, 0.05) is 0 Å². The van der Waals surface area contributed by atoms with E-state index < -0.39 is 9.84 Å². The average molecular weight is 498 g/mol. The summed E-state index contributed by atoms with van der Waals surface area (Å²) < 4.78 is 29.0. The van der Waals surface area contributed by atoms with E-state index in [0.29, 0.717) is 17.0 Å². The minimum Gasteiger partial charge on any atom is -0.382 e. The molecule has 0 saturated carbocycles. The number of para-hydroxylation sites is 2. The summed E-state index contributed by atoms with van der Waals surface area (Å²) in [7, 11) is -4.00. The molecule has 0 radical (unpaired) electrons. The molecule has 0 amide bonds. The fourth-order valence-electron chi connectivity index (χ4n) is 4.09. The SMILES string of the molecule is Cc1ccc(S(=O)(=O)c2c(N)n(/N=C/c3ccc(C(C)C)cc3)c3nc4ccccc4nc23)cc1C. The highest BCUT2D eigenvalue weighted by Crippen LogP contribution is 2.35. The Labute approximate surface area is 210 Å². The van der Waals surface area contributed by atoms with E-state index in [1.165, 1.54) is 10.2 Å². The van der Waals surface area contributed by atoms with Crippen molar-refractivity contribution in [3.63, 3.8) is 0 Å². The third kappa shape index (κ3) is 4.03. The van der Waals surface area contributed by atoms with Gasteiger partial charge in [-0.1, -0.05) is 56.3 Å². The molecule has 182 valence electrons. The highest BCUT2D eigenvalue weighted by molar-refractivity contribution is 7.92. The number of fused-ring (bicyclic) bond motifs is 2. The van der Waals surface area contributed by atoms with Crippen molar-refractivity contribution in [2.24, 2.45) is 5.10 Å². The van der Waals surface area contributed by atoms with Crippen LogP contribution in [0.2, 0.25) is 0 Å². The van der Waals surface area contributed by atoms with Crippen LogP contribution in [0.25, 0.3) is 22.2 Å². The second kappa shape index (κ2) is 8.87. The van der Waals surface area contributed by atoms with E-state index in [1.807, 2.05) is 56.3 Å². The Kier molecular flexibility index (Phi) is 5.84. The average Bonchev–Trinajstić information content (AvgIpc) is 3.13. The van der Waals surface area contributed by atoms with Crippen molar-refractivity contribution in [2.75, 3.05) is 5.73 Å². The molecule has 0 bridgehead atoms. The number of benzene rings is 3. The first-order chi connectivity index (χ1) is 17.2. The molecule has 0 atom stereocenters. The number of nitrogens with two attached hydrogens (primary N) is 1. The Bertz CT molecular complexity index is 1750. The Morgan fingerprint density at radius 2 is 1.58 bits per heavy atom. The van der Waals surface area contributed by atoms with Gasteiger partial charge < -0.3 is 5.73 Å². The number of aryl methyl sites for hydroxylation is 2. The van der Waals surface area contributed by atoms with Crippen LogP contribution in [0.3, 0.4) is 0 Å². The van der Waals surface area contributed by atoms with Crippen LogP contribution >= 0.6 is 0 Å². The molecule has 3 aromatic carbocycles. The molecule has 0 fully saturated rings. The summed E-state index contributed by atoms with van der Waals surface area (Å²) >= 11 is 0. The van der Waals surface area contributed by atoms with Crippen molar-refractivity contribution in [1.82, 2.24) is 14.6 Å². The maximum absolute atomic E-state index is 13.8. The first-order valence-corrected chi connectivity index (χ1v) is 13.2. The molecule has 0 aliphatic heterocycles. The molecule has 2 aromatic heterocycles. The number of nitrogen functional groups attached to an aromatic ring is 1. The predicted molar refractivity (Wildman–Crippen MR) is 144 cm³/mol. The number of hydrogen-bond donors (Lipinski definition) is 1. The lowest BCUT2D eigenvalue weighted by Crippen LogP contribution is -2.07. The van der Waals surface area contributed by atoms with Crippen LogP contribution in [0.1, 0.15) is 42.0 Å². The van der Waals surface area contributed by atoms with Crippen molar-refractivity contribution in [1.29, 1.82) is 0 Å². The van der Waals surface area contributed by atoms with Crippen LogP contribution in [-0.2, 0) is 9.84 Å². The number of nitrogens with zero attached hydrogens (tertiary/aromatic N) is 4. The third-order valence-corrected chi connectivity index (χ3v) is 8.23. The number of aromatic nitrogens is 3. The van der Waals surface area contributed by atoms with Crippen molar-refractivity contribution in [2.45, 2.75) is 43.4 Å². The van der Waals surface area contributed by atoms with Gasteiger partial charge in [-0.05, 0) is 66.3 Å². The molecule has 2 N–H and O–H groups in total. The lowest BCUT2D eigenvalue weighted by molar-refractivity contribution is 0.597. The van der Waals surface area contributed by atoms with Crippen molar-refractivity contribution in [3.05, 3.63) is 89.0 Å². The zero-order chi connectivity index (χ0) is 25.6. The smallest absolute Gasteiger partial charge is 0.212 e. The Hall–Kier alpha value is -4.04. The summed E-state index contributed by atoms with van der Waals surface area (Å²) in [6.07, 6.45) is 1.64. The molecule has 36 heavy (non-hydrogen) atoms. The maximum Gasteiger partial charge on any atom is 0.212 e. The molecular formula is C28H27N5O2S. The van der Waals surface area contributed by atoms with Crippen molar-refractivity contribution >= 4 is 44.1 Å². The van der Waals surface area contributed by atoms with E-state index >= 15 is 0 Å². The van der Waals surface area contributed by atoms with Crippen LogP contribution < -0.4 is 5.73 Å². The second-order valence-electron chi connectivity index (χ2n) is 9.23. The first-order valence-electron chi connectivity index (χ1n) is 11.7. The first kappa shape index (κ1) is 23.7. The molecule has 8 heteroatoms. The monoisotopic (exact) mass is 497 g/mol. The summed E-state index contributed by atoms with van der Waals surface area (Å²) in [6.45, 7) is 8.08. The van der Waals surface area contributed by atoms with E-state index in [1.54, 1.807) is 30.5 Å².